The fraction of sp³-hybridized carbons (Fsp3) is 0.400. The van der Waals surface area contributed by atoms with Crippen molar-refractivity contribution < 1.29 is 4.74 Å². The van der Waals surface area contributed by atoms with Gasteiger partial charge in [-0.15, -0.1) is 11.3 Å². The fourth-order valence-electron chi connectivity index (χ4n) is 0.950. The van der Waals surface area contributed by atoms with Crippen molar-refractivity contribution >= 4 is 33.3 Å². The molecule has 2 nitrogen and oxygen atoms in total. The van der Waals surface area contributed by atoms with Crippen molar-refractivity contribution in [3.05, 3.63) is 26.9 Å². The molecule has 0 atom stereocenters. The maximum Gasteiger partial charge on any atom is 0.0587 e. The van der Waals surface area contributed by atoms with E-state index in [1.165, 1.54) is 4.88 Å². The molecular weight excluding hydrogens is 262 g/mol. The first-order valence-electron chi connectivity index (χ1n) is 4.43. The lowest BCUT2D eigenvalue weighted by Crippen LogP contribution is -2.18. The summed E-state index contributed by atoms with van der Waals surface area (Å²) in [6, 6.07) is 2.11. The summed E-state index contributed by atoms with van der Waals surface area (Å²) in [5, 5.41) is 5.33. The van der Waals surface area contributed by atoms with Gasteiger partial charge < -0.3 is 10.1 Å². The molecule has 1 aromatic heterocycles. The smallest absolute Gasteiger partial charge is 0.0587 e. The van der Waals surface area contributed by atoms with E-state index in [4.69, 9.17) is 4.74 Å². The van der Waals surface area contributed by atoms with Crippen LogP contribution in [-0.4, -0.2) is 26.8 Å². The minimum atomic E-state index is 0.762. The van der Waals surface area contributed by atoms with Crippen molar-refractivity contribution in [3.8, 4) is 0 Å². The molecule has 0 amide bonds. The van der Waals surface area contributed by atoms with Crippen LogP contribution < -0.4 is 5.32 Å². The van der Waals surface area contributed by atoms with Gasteiger partial charge in [0.1, 0.15) is 0 Å². The Morgan fingerprint density at radius 3 is 3.14 bits per heavy atom. The van der Waals surface area contributed by atoms with E-state index in [1.807, 2.05) is 0 Å². The monoisotopic (exact) mass is 275 g/mol. The van der Waals surface area contributed by atoms with Gasteiger partial charge >= 0.3 is 0 Å². The predicted molar refractivity (Wildman–Crippen MR) is 65.8 cm³/mol. The Hall–Kier alpha value is -0.160. The van der Waals surface area contributed by atoms with E-state index in [9.17, 15) is 0 Å². The average molecular weight is 276 g/mol. The van der Waals surface area contributed by atoms with E-state index in [0.717, 1.165) is 24.2 Å². The molecule has 1 rings (SSSR count). The highest BCUT2D eigenvalue weighted by molar-refractivity contribution is 9.10. The van der Waals surface area contributed by atoms with E-state index in [0.29, 0.717) is 0 Å². The molecule has 1 N–H and O–H groups in total. The highest BCUT2D eigenvalue weighted by atomic mass is 79.9. The van der Waals surface area contributed by atoms with Crippen LogP contribution in [0.1, 0.15) is 4.88 Å². The van der Waals surface area contributed by atoms with Crippen molar-refractivity contribution in [2.45, 2.75) is 0 Å². The topological polar surface area (TPSA) is 21.3 Å². The van der Waals surface area contributed by atoms with Crippen LogP contribution in [0.4, 0.5) is 0 Å². The highest BCUT2D eigenvalue weighted by Crippen LogP contribution is 2.20. The minimum absolute atomic E-state index is 0.762. The first-order chi connectivity index (χ1) is 6.83. The zero-order valence-electron chi connectivity index (χ0n) is 8.13. The van der Waals surface area contributed by atoms with Gasteiger partial charge in [0.2, 0.25) is 0 Å². The lowest BCUT2D eigenvalue weighted by atomic mass is 10.4. The lowest BCUT2D eigenvalue weighted by Gasteiger charge is -1.98. The number of hydrogen-bond acceptors (Lipinski definition) is 3. The van der Waals surface area contributed by atoms with Crippen LogP contribution in [0.15, 0.2) is 22.0 Å². The maximum atomic E-state index is 4.92. The van der Waals surface area contributed by atoms with Crippen molar-refractivity contribution in [2.24, 2.45) is 0 Å². The number of thiophene rings is 1. The van der Waals surface area contributed by atoms with Gasteiger partial charge in [-0.2, -0.15) is 0 Å². The van der Waals surface area contributed by atoms with E-state index in [-0.39, 0.29) is 0 Å². The van der Waals surface area contributed by atoms with Crippen LogP contribution >= 0.6 is 27.3 Å². The zero-order chi connectivity index (χ0) is 10.2. The summed E-state index contributed by atoms with van der Waals surface area (Å²) in [6.45, 7) is 2.55. The Balaban J connectivity index is 2.15. The molecule has 0 bridgehead atoms. The van der Waals surface area contributed by atoms with Crippen molar-refractivity contribution in [2.75, 3.05) is 26.8 Å². The number of methoxy groups -OCH3 is 1. The second-order valence-corrected chi connectivity index (χ2v) is 4.63. The highest BCUT2D eigenvalue weighted by Gasteiger charge is 1.91. The summed E-state index contributed by atoms with van der Waals surface area (Å²) in [5.41, 5.74) is 0. The molecule has 0 aliphatic rings. The van der Waals surface area contributed by atoms with Gasteiger partial charge in [0.15, 0.2) is 0 Å². The van der Waals surface area contributed by atoms with Gasteiger partial charge in [-0.3, -0.25) is 0 Å². The summed E-state index contributed by atoms with van der Waals surface area (Å²) in [6.07, 6.45) is 4.24. The predicted octanol–water partition coefficient (Wildman–Crippen LogP) is 2.76. The SMILES string of the molecule is COCCNCC=Cc1cc(Br)cs1. The summed E-state index contributed by atoms with van der Waals surface area (Å²) in [7, 11) is 1.71. The Labute approximate surface area is 97.1 Å². The van der Waals surface area contributed by atoms with Crippen molar-refractivity contribution in [3.63, 3.8) is 0 Å². The Kier molecular flexibility index (Phi) is 6.10. The van der Waals surface area contributed by atoms with Crippen LogP contribution in [0.2, 0.25) is 0 Å². The van der Waals surface area contributed by atoms with E-state index in [2.05, 4.69) is 44.8 Å². The molecule has 0 saturated heterocycles. The first kappa shape index (κ1) is 11.9. The van der Waals surface area contributed by atoms with E-state index >= 15 is 0 Å². The normalized spacial score (nSPS) is 11.3. The van der Waals surface area contributed by atoms with Crippen molar-refractivity contribution in [1.82, 2.24) is 5.32 Å². The summed E-state index contributed by atoms with van der Waals surface area (Å²) >= 11 is 5.15. The number of halogens is 1. The van der Waals surface area contributed by atoms with Crippen LogP contribution in [0.3, 0.4) is 0 Å². The molecule has 14 heavy (non-hydrogen) atoms. The molecule has 0 aliphatic heterocycles. The zero-order valence-corrected chi connectivity index (χ0v) is 10.5. The molecule has 0 aromatic carbocycles. The molecule has 1 aromatic rings. The van der Waals surface area contributed by atoms with Gasteiger partial charge in [0.05, 0.1) is 6.61 Å². The Morgan fingerprint density at radius 1 is 1.64 bits per heavy atom. The Morgan fingerprint density at radius 2 is 2.50 bits per heavy atom. The van der Waals surface area contributed by atoms with Crippen LogP contribution in [0.5, 0.6) is 0 Å². The van der Waals surface area contributed by atoms with Gasteiger partial charge in [-0.1, -0.05) is 6.08 Å². The number of ether oxygens (including phenoxy) is 1. The summed E-state index contributed by atoms with van der Waals surface area (Å²) < 4.78 is 6.07. The van der Waals surface area contributed by atoms with Crippen molar-refractivity contribution in [1.29, 1.82) is 0 Å². The van der Waals surface area contributed by atoms with Crippen LogP contribution in [0.25, 0.3) is 6.08 Å². The molecule has 0 fully saturated rings. The van der Waals surface area contributed by atoms with Crippen LogP contribution in [0, 0.1) is 0 Å². The van der Waals surface area contributed by atoms with E-state index < -0.39 is 0 Å². The number of hydrogen-bond donors (Lipinski definition) is 1. The molecule has 4 heteroatoms. The molecule has 0 spiro atoms. The average Bonchev–Trinajstić information content (AvgIpc) is 2.58. The van der Waals surface area contributed by atoms with Gasteiger partial charge in [0.25, 0.3) is 0 Å². The Bertz CT molecular complexity index is 285. The maximum absolute atomic E-state index is 4.92. The fourth-order valence-corrected chi connectivity index (χ4v) is 2.32. The third kappa shape index (κ3) is 4.91. The number of rotatable bonds is 6. The second-order valence-electron chi connectivity index (χ2n) is 2.77. The summed E-state index contributed by atoms with van der Waals surface area (Å²) in [4.78, 5) is 1.27. The lowest BCUT2D eigenvalue weighted by molar-refractivity contribution is 0.200. The van der Waals surface area contributed by atoms with E-state index in [1.54, 1.807) is 18.4 Å². The first-order valence-corrected chi connectivity index (χ1v) is 6.10. The van der Waals surface area contributed by atoms with Crippen LogP contribution in [-0.2, 0) is 4.74 Å². The molecule has 0 radical (unpaired) electrons. The standard InChI is InChI=1S/C10H14BrNOS/c1-13-6-5-12-4-2-3-10-7-9(11)8-14-10/h2-3,7-8,12H,4-6H2,1H3. The third-order valence-electron chi connectivity index (χ3n) is 1.62. The largest absolute Gasteiger partial charge is 0.383 e. The van der Waals surface area contributed by atoms with Gasteiger partial charge in [-0.25, -0.2) is 0 Å². The minimum Gasteiger partial charge on any atom is -0.383 e. The molecule has 1 heterocycles. The molecule has 0 unspecified atom stereocenters. The summed E-state index contributed by atoms with van der Waals surface area (Å²) in [5.74, 6) is 0. The second kappa shape index (κ2) is 7.17. The molecule has 0 aliphatic carbocycles. The van der Waals surface area contributed by atoms with Gasteiger partial charge in [-0.05, 0) is 28.1 Å². The molecular formula is C10H14BrNOS. The third-order valence-corrected chi connectivity index (χ3v) is 3.27. The molecule has 0 saturated carbocycles. The number of nitrogens with one attached hydrogen (secondary N) is 1. The molecule has 78 valence electrons. The van der Waals surface area contributed by atoms with Gasteiger partial charge in [0, 0.05) is 34.9 Å². The quantitative estimate of drug-likeness (QED) is 0.807.